The number of carbonyl (C=O) groups is 1. The Hall–Kier alpha value is -3.05. The second-order valence-corrected chi connectivity index (χ2v) is 7.16. The van der Waals surface area contributed by atoms with Gasteiger partial charge in [0.2, 0.25) is 0 Å². The van der Waals surface area contributed by atoms with Crippen LogP contribution in [0.3, 0.4) is 0 Å². The number of hydrogen-bond donors (Lipinski definition) is 2. The maximum absolute atomic E-state index is 12.7. The fourth-order valence-electron chi connectivity index (χ4n) is 3.07. The molecule has 0 unspecified atom stereocenters. The van der Waals surface area contributed by atoms with Gasteiger partial charge >= 0.3 is 0 Å². The van der Waals surface area contributed by atoms with Crippen LogP contribution in [0.25, 0.3) is 22.4 Å². The average molecular weight is 375 g/mol. The van der Waals surface area contributed by atoms with E-state index in [1.807, 2.05) is 48.7 Å². The lowest BCUT2D eigenvalue weighted by Gasteiger charge is -2.17. The Balaban J connectivity index is 2.11. The molecule has 3 aromatic rings. The van der Waals surface area contributed by atoms with E-state index in [-0.39, 0.29) is 18.4 Å². The van der Waals surface area contributed by atoms with E-state index >= 15 is 0 Å². The lowest BCUT2D eigenvalue weighted by atomic mass is 9.91. The fraction of sp³-hybridized carbons (Fsp3) is 0.261. The zero-order valence-corrected chi connectivity index (χ0v) is 16.4. The number of benzene rings is 1. The summed E-state index contributed by atoms with van der Waals surface area (Å²) in [6, 6.07) is 13.9. The van der Waals surface area contributed by atoms with Crippen LogP contribution in [0.2, 0.25) is 0 Å². The van der Waals surface area contributed by atoms with E-state index in [9.17, 15) is 9.90 Å². The SMILES string of the molecule is CC(C)c1cnc(-c2ccccc2)cc1-c1ccncc1C(=O)NC[C@H](C)O. The van der Waals surface area contributed by atoms with Crippen molar-refractivity contribution in [1.82, 2.24) is 15.3 Å². The van der Waals surface area contributed by atoms with E-state index in [1.54, 1.807) is 19.3 Å². The van der Waals surface area contributed by atoms with Gasteiger partial charge < -0.3 is 10.4 Å². The number of hydrogen-bond acceptors (Lipinski definition) is 4. The number of nitrogens with one attached hydrogen (secondary N) is 1. The standard InChI is InChI=1S/C23H25N3O2/c1-15(2)20-14-25-22(17-7-5-4-6-8-17)11-19(20)18-9-10-24-13-21(18)23(28)26-12-16(3)27/h4-11,13-16,27H,12H2,1-3H3,(H,26,28)/t16-/m0/s1. The van der Waals surface area contributed by atoms with Crippen LogP contribution in [-0.4, -0.2) is 33.6 Å². The Labute approximate surface area is 165 Å². The molecular weight excluding hydrogens is 350 g/mol. The summed E-state index contributed by atoms with van der Waals surface area (Å²) in [5.41, 5.74) is 5.20. The van der Waals surface area contributed by atoms with Gasteiger partial charge in [0.25, 0.3) is 5.91 Å². The first-order chi connectivity index (χ1) is 13.5. The van der Waals surface area contributed by atoms with Crippen LogP contribution in [0.1, 0.15) is 42.6 Å². The minimum atomic E-state index is -0.610. The van der Waals surface area contributed by atoms with Crippen molar-refractivity contribution in [1.29, 1.82) is 0 Å². The highest BCUT2D eigenvalue weighted by molar-refractivity contribution is 6.01. The topological polar surface area (TPSA) is 75.1 Å². The van der Waals surface area contributed by atoms with Crippen molar-refractivity contribution in [3.63, 3.8) is 0 Å². The molecule has 2 N–H and O–H groups in total. The molecule has 0 bridgehead atoms. The minimum absolute atomic E-state index is 0.190. The van der Waals surface area contributed by atoms with E-state index < -0.39 is 6.10 Å². The summed E-state index contributed by atoms with van der Waals surface area (Å²) in [6.07, 6.45) is 4.54. The third-order valence-corrected chi connectivity index (χ3v) is 4.54. The number of amides is 1. The van der Waals surface area contributed by atoms with E-state index in [2.05, 4.69) is 29.1 Å². The summed E-state index contributed by atoms with van der Waals surface area (Å²) < 4.78 is 0. The molecule has 1 amide bonds. The highest BCUT2D eigenvalue weighted by Gasteiger charge is 2.18. The Morgan fingerprint density at radius 1 is 1.07 bits per heavy atom. The Kier molecular flexibility index (Phi) is 6.16. The molecule has 2 aromatic heterocycles. The predicted octanol–water partition coefficient (Wildman–Crippen LogP) is 4.04. The van der Waals surface area contributed by atoms with Crippen LogP contribution < -0.4 is 5.32 Å². The molecule has 5 nitrogen and oxygen atoms in total. The monoisotopic (exact) mass is 375 g/mol. The first-order valence-corrected chi connectivity index (χ1v) is 9.43. The highest BCUT2D eigenvalue weighted by Crippen LogP contribution is 2.33. The number of rotatable bonds is 6. The van der Waals surface area contributed by atoms with Gasteiger partial charge in [-0.3, -0.25) is 14.8 Å². The second kappa shape index (κ2) is 8.76. The maximum atomic E-state index is 12.7. The molecule has 0 aliphatic rings. The smallest absolute Gasteiger partial charge is 0.253 e. The average Bonchev–Trinajstić information content (AvgIpc) is 2.72. The molecule has 0 fully saturated rings. The molecule has 3 rings (SSSR count). The number of aliphatic hydroxyl groups excluding tert-OH is 1. The first kappa shape index (κ1) is 19.7. The second-order valence-electron chi connectivity index (χ2n) is 7.16. The van der Waals surface area contributed by atoms with Crippen LogP contribution >= 0.6 is 0 Å². The third-order valence-electron chi connectivity index (χ3n) is 4.54. The first-order valence-electron chi connectivity index (χ1n) is 9.43. The van der Waals surface area contributed by atoms with E-state index in [0.29, 0.717) is 5.56 Å². The van der Waals surface area contributed by atoms with Crippen LogP contribution in [0, 0.1) is 0 Å². The van der Waals surface area contributed by atoms with Gasteiger partial charge in [-0.25, -0.2) is 0 Å². The molecule has 1 aromatic carbocycles. The van der Waals surface area contributed by atoms with Crippen molar-refractivity contribution in [3.05, 3.63) is 72.2 Å². The number of carbonyl (C=O) groups excluding carboxylic acids is 1. The summed E-state index contributed by atoms with van der Waals surface area (Å²) in [6.45, 7) is 6.04. The molecular formula is C23H25N3O2. The number of aromatic nitrogens is 2. The van der Waals surface area contributed by atoms with Crippen molar-refractivity contribution in [2.24, 2.45) is 0 Å². The maximum Gasteiger partial charge on any atom is 0.253 e. The molecule has 1 atom stereocenters. The van der Waals surface area contributed by atoms with E-state index in [4.69, 9.17) is 0 Å². The normalized spacial score (nSPS) is 12.0. The number of pyridine rings is 2. The summed E-state index contributed by atoms with van der Waals surface area (Å²) in [5.74, 6) is -0.00866. The predicted molar refractivity (Wildman–Crippen MR) is 111 cm³/mol. The van der Waals surface area contributed by atoms with Crippen LogP contribution in [0.15, 0.2) is 61.1 Å². The van der Waals surface area contributed by atoms with Crippen molar-refractivity contribution in [3.8, 4) is 22.4 Å². The molecule has 0 saturated carbocycles. The van der Waals surface area contributed by atoms with Gasteiger partial charge in [-0.15, -0.1) is 0 Å². The van der Waals surface area contributed by atoms with E-state index in [1.165, 1.54) is 0 Å². The third kappa shape index (κ3) is 4.43. The molecule has 0 spiro atoms. The summed E-state index contributed by atoms with van der Waals surface area (Å²) in [5, 5.41) is 12.2. The van der Waals surface area contributed by atoms with Gasteiger partial charge in [0.1, 0.15) is 0 Å². The number of aliphatic hydroxyl groups is 1. The molecule has 0 aliphatic carbocycles. The zero-order valence-electron chi connectivity index (χ0n) is 16.4. The van der Waals surface area contributed by atoms with Gasteiger partial charge in [0.15, 0.2) is 0 Å². The Bertz CT molecular complexity index is 953. The van der Waals surface area contributed by atoms with Gasteiger partial charge in [0, 0.05) is 30.7 Å². The molecule has 5 heteroatoms. The molecule has 0 saturated heterocycles. The molecule has 0 aliphatic heterocycles. The summed E-state index contributed by atoms with van der Waals surface area (Å²) >= 11 is 0. The quantitative estimate of drug-likeness (QED) is 0.682. The lowest BCUT2D eigenvalue weighted by molar-refractivity contribution is 0.0924. The van der Waals surface area contributed by atoms with Crippen LogP contribution in [0.4, 0.5) is 0 Å². The Morgan fingerprint density at radius 3 is 2.50 bits per heavy atom. The fourth-order valence-corrected chi connectivity index (χ4v) is 3.07. The molecule has 2 heterocycles. The molecule has 0 radical (unpaired) electrons. The highest BCUT2D eigenvalue weighted by atomic mass is 16.3. The van der Waals surface area contributed by atoms with Crippen LogP contribution in [0.5, 0.6) is 0 Å². The van der Waals surface area contributed by atoms with Crippen molar-refractivity contribution in [2.45, 2.75) is 32.8 Å². The number of nitrogens with zero attached hydrogens (tertiary/aromatic N) is 2. The van der Waals surface area contributed by atoms with Crippen molar-refractivity contribution in [2.75, 3.05) is 6.54 Å². The van der Waals surface area contributed by atoms with Crippen molar-refractivity contribution >= 4 is 5.91 Å². The minimum Gasteiger partial charge on any atom is -0.392 e. The molecule has 144 valence electrons. The largest absolute Gasteiger partial charge is 0.392 e. The zero-order chi connectivity index (χ0) is 20.1. The summed E-state index contributed by atoms with van der Waals surface area (Å²) in [7, 11) is 0. The van der Waals surface area contributed by atoms with Gasteiger partial charge in [0.05, 0.1) is 17.4 Å². The van der Waals surface area contributed by atoms with Crippen LogP contribution in [-0.2, 0) is 0 Å². The summed E-state index contributed by atoms with van der Waals surface area (Å²) in [4.78, 5) is 21.5. The van der Waals surface area contributed by atoms with E-state index in [0.717, 1.165) is 27.9 Å². The molecule has 28 heavy (non-hydrogen) atoms. The van der Waals surface area contributed by atoms with Crippen molar-refractivity contribution < 1.29 is 9.90 Å². The van der Waals surface area contributed by atoms with Gasteiger partial charge in [-0.2, -0.15) is 0 Å². The van der Waals surface area contributed by atoms with Gasteiger partial charge in [-0.05, 0) is 41.7 Å². The van der Waals surface area contributed by atoms with Gasteiger partial charge in [-0.1, -0.05) is 44.2 Å². The Morgan fingerprint density at radius 2 is 1.82 bits per heavy atom. The lowest BCUT2D eigenvalue weighted by Crippen LogP contribution is -2.31.